The highest BCUT2D eigenvalue weighted by Gasteiger charge is 2.30. The number of hydrogen-bond acceptors (Lipinski definition) is 4. The maximum atomic E-state index is 12.4. The molecule has 0 fully saturated rings. The second kappa shape index (κ2) is 4.76. The third kappa shape index (κ3) is 2.13. The molecular formula is C13H12N4O3. The molecule has 0 saturated carbocycles. The number of carbonyl (C=O) groups is 3. The fourth-order valence-electron chi connectivity index (χ4n) is 2.20. The molecule has 0 atom stereocenters. The van der Waals surface area contributed by atoms with E-state index in [4.69, 9.17) is 0 Å². The van der Waals surface area contributed by atoms with E-state index in [2.05, 4.69) is 15.8 Å². The van der Waals surface area contributed by atoms with Gasteiger partial charge in [-0.05, 0) is 12.1 Å². The monoisotopic (exact) mass is 272 g/mol. The van der Waals surface area contributed by atoms with Crippen molar-refractivity contribution in [3.05, 3.63) is 24.3 Å². The first kappa shape index (κ1) is 12.3. The molecule has 0 aromatic heterocycles. The van der Waals surface area contributed by atoms with Crippen molar-refractivity contribution in [2.24, 2.45) is 5.10 Å². The molecule has 1 aromatic carbocycles. The first-order valence-corrected chi connectivity index (χ1v) is 6.21. The molecule has 0 spiro atoms. The van der Waals surface area contributed by atoms with Gasteiger partial charge in [0.05, 0.1) is 11.4 Å². The van der Waals surface area contributed by atoms with Crippen LogP contribution in [-0.4, -0.2) is 30.0 Å². The van der Waals surface area contributed by atoms with Crippen LogP contribution < -0.4 is 15.6 Å². The first-order chi connectivity index (χ1) is 9.65. The summed E-state index contributed by atoms with van der Waals surface area (Å²) in [4.78, 5) is 36.5. The van der Waals surface area contributed by atoms with E-state index in [0.29, 0.717) is 11.4 Å². The average molecular weight is 272 g/mol. The number of hydrogen-bond donors (Lipinski definition) is 2. The van der Waals surface area contributed by atoms with Crippen LogP contribution in [0.1, 0.15) is 12.8 Å². The van der Waals surface area contributed by atoms with Crippen LogP contribution in [0.5, 0.6) is 0 Å². The fourth-order valence-corrected chi connectivity index (χ4v) is 2.20. The van der Waals surface area contributed by atoms with Crippen LogP contribution in [0.15, 0.2) is 29.4 Å². The van der Waals surface area contributed by atoms with Crippen molar-refractivity contribution in [3.8, 4) is 0 Å². The summed E-state index contributed by atoms with van der Waals surface area (Å²) in [7, 11) is 0. The zero-order valence-electron chi connectivity index (χ0n) is 10.5. The van der Waals surface area contributed by atoms with E-state index >= 15 is 0 Å². The third-order valence-electron chi connectivity index (χ3n) is 3.17. The van der Waals surface area contributed by atoms with Gasteiger partial charge >= 0.3 is 0 Å². The minimum Gasteiger partial charge on any atom is -0.323 e. The fraction of sp³-hybridized carbons (Fsp3) is 0.231. The Bertz CT molecular complexity index is 638. The van der Waals surface area contributed by atoms with Gasteiger partial charge in [-0.2, -0.15) is 5.10 Å². The van der Waals surface area contributed by atoms with Crippen LogP contribution in [0, 0.1) is 0 Å². The highest BCUT2D eigenvalue weighted by molar-refractivity contribution is 6.45. The van der Waals surface area contributed by atoms with Gasteiger partial charge in [0.2, 0.25) is 11.8 Å². The molecule has 0 radical (unpaired) electrons. The summed E-state index contributed by atoms with van der Waals surface area (Å²) in [6.07, 6.45) is 0.511. The minimum absolute atomic E-state index is 0.0528. The first-order valence-electron chi connectivity index (χ1n) is 6.21. The van der Waals surface area contributed by atoms with E-state index < -0.39 is 0 Å². The number of nitrogens with zero attached hydrogens (tertiary/aromatic N) is 2. The van der Waals surface area contributed by atoms with Crippen LogP contribution >= 0.6 is 0 Å². The number of carbonyl (C=O) groups excluding carboxylic acids is 3. The number of fused-ring (bicyclic) bond motifs is 1. The zero-order chi connectivity index (χ0) is 14.1. The molecular weight excluding hydrogens is 260 g/mol. The van der Waals surface area contributed by atoms with Crippen molar-refractivity contribution in [3.63, 3.8) is 0 Å². The lowest BCUT2D eigenvalue weighted by molar-refractivity contribution is -0.121. The Hall–Kier alpha value is -2.70. The number of benzene rings is 1. The Morgan fingerprint density at radius 2 is 1.95 bits per heavy atom. The van der Waals surface area contributed by atoms with E-state index in [1.807, 2.05) is 0 Å². The van der Waals surface area contributed by atoms with Crippen molar-refractivity contribution in [2.45, 2.75) is 12.8 Å². The number of para-hydroxylation sites is 2. The molecule has 20 heavy (non-hydrogen) atoms. The Balaban J connectivity index is 1.92. The van der Waals surface area contributed by atoms with E-state index in [-0.39, 0.29) is 42.8 Å². The van der Waals surface area contributed by atoms with Crippen LogP contribution in [-0.2, 0) is 14.4 Å². The summed E-state index contributed by atoms with van der Waals surface area (Å²) in [6, 6.07) is 7.07. The van der Waals surface area contributed by atoms with Crippen molar-refractivity contribution in [1.82, 2.24) is 5.43 Å². The molecule has 2 heterocycles. The highest BCUT2D eigenvalue weighted by atomic mass is 16.2. The van der Waals surface area contributed by atoms with Gasteiger partial charge in [0, 0.05) is 12.8 Å². The van der Waals surface area contributed by atoms with Crippen molar-refractivity contribution < 1.29 is 14.4 Å². The zero-order valence-corrected chi connectivity index (χ0v) is 10.5. The molecule has 0 bridgehead atoms. The molecule has 2 aliphatic heterocycles. The van der Waals surface area contributed by atoms with Gasteiger partial charge in [-0.15, -0.1) is 0 Å². The molecule has 2 N–H and O–H groups in total. The van der Waals surface area contributed by atoms with Crippen molar-refractivity contribution in [1.29, 1.82) is 0 Å². The molecule has 2 aliphatic rings. The molecule has 1 aromatic rings. The van der Waals surface area contributed by atoms with E-state index in [0.717, 1.165) is 0 Å². The van der Waals surface area contributed by atoms with Gasteiger partial charge in [-0.1, -0.05) is 12.1 Å². The number of anilines is 2. The molecule has 102 valence electrons. The predicted octanol–water partition coefficient (Wildman–Crippen LogP) is 0.238. The van der Waals surface area contributed by atoms with Crippen LogP contribution in [0.3, 0.4) is 0 Å². The molecule has 0 unspecified atom stereocenters. The van der Waals surface area contributed by atoms with Gasteiger partial charge in [-0.25, -0.2) is 5.43 Å². The molecule has 3 amide bonds. The maximum Gasteiger partial charge on any atom is 0.275 e. The number of hydrazone groups is 1. The summed E-state index contributed by atoms with van der Waals surface area (Å²) >= 11 is 0. The summed E-state index contributed by atoms with van der Waals surface area (Å²) in [6.45, 7) is -0.0528. The largest absolute Gasteiger partial charge is 0.323 e. The molecule has 3 rings (SSSR count). The number of rotatable bonds is 1. The number of nitrogens with one attached hydrogen (secondary N) is 2. The lowest BCUT2D eigenvalue weighted by atomic mass is 10.1. The molecule has 7 heteroatoms. The van der Waals surface area contributed by atoms with Crippen LogP contribution in [0.4, 0.5) is 11.4 Å². The van der Waals surface area contributed by atoms with E-state index in [9.17, 15) is 14.4 Å². The van der Waals surface area contributed by atoms with Gasteiger partial charge < -0.3 is 5.32 Å². The Labute approximate surface area is 114 Å². The topological polar surface area (TPSA) is 90.9 Å². The summed E-state index contributed by atoms with van der Waals surface area (Å²) in [5.41, 5.74) is 3.78. The lowest BCUT2D eigenvalue weighted by Gasteiger charge is -2.29. The van der Waals surface area contributed by atoms with Crippen molar-refractivity contribution >= 4 is 34.8 Å². The normalized spacial score (nSPS) is 17.8. The Kier molecular flexibility index (Phi) is 2.94. The van der Waals surface area contributed by atoms with E-state index in [1.165, 1.54) is 4.90 Å². The van der Waals surface area contributed by atoms with Crippen molar-refractivity contribution in [2.75, 3.05) is 16.8 Å². The van der Waals surface area contributed by atoms with Gasteiger partial charge in [0.1, 0.15) is 12.3 Å². The predicted molar refractivity (Wildman–Crippen MR) is 72.2 cm³/mol. The van der Waals surface area contributed by atoms with Crippen LogP contribution in [0.2, 0.25) is 0 Å². The molecule has 0 saturated heterocycles. The standard InChI is InChI=1S/C13H12N4O3/c18-11-6-5-9(15-16-11)13(20)17-7-12(19)14-8-3-1-2-4-10(8)17/h1-4H,5-7H2,(H,14,19)(H,16,18). The Morgan fingerprint density at radius 3 is 2.70 bits per heavy atom. The average Bonchev–Trinajstić information content (AvgIpc) is 2.46. The summed E-state index contributed by atoms with van der Waals surface area (Å²) in [5, 5.41) is 6.49. The van der Waals surface area contributed by atoms with Crippen LogP contribution in [0.25, 0.3) is 0 Å². The summed E-state index contributed by atoms with van der Waals surface area (Å²) in [5.74, 6) is -0.817. The summed E-state index contributed by atoms with van der Waals surface area (Å²) < 4.78 is 0. The molecule has 7 nitrogen and oxygen atoms in total. The third-order valence-corrected chi connectivity index (χ3v) is 3.17. The van der Waals surface area contributed by atoms with Gasteiger partial charge in [-0.3, -0.25) is 19.3 Å². The quantitative estimate of drug-likeness (QED) is 0.767. The molecule has 0 aliphatic carbocycles. The van der Waals surface area contributed by atoms with E-state index in [1.54, 1.807) is 24.3 Å². The second-order valence-electron chi connectivity index (χ2n) is 4.55. The van der Waals surface area contributed by atoms with Gasteiger partial charge in [0.25, 0.3) is 5.91 Å². The SMILES string of the molecule is O=C1CCC(C(=O)N2CC(=O)Nc3ccccc32)=NN1. The second-order valence-corrected chi connectivity index (χ2v) is 4.55. The highest BCUT2D eigenvalue weighted by Crippen LogP contribution is 2.29. The smallest absolute Gasteiger partial charge is 0.275 e. The number of amides is 3. The maximum absolute atomic E-state index is 12.4. The Morgan fingerprint density at radius 1 is 1.15 bits per heavy atom. The minimum atomic E-state index is -0.354. The lowest BCUT2D eigenvalue weighted by Crippen LogP contribution is -2.46. The van der Waals surface area contributed by atoms with Gasteiger partial charge in [0.15, 0.2) is 0 Å².